The smallest absolute Gasteiger partial charge is 0.169 e. The van der Waals surface area contributed by atoms with E-state index in [1.54, 1.807) is 0 Å². The van der Waals surface area contributed by atoms with Crippen molar-refractivity contribution in [3.05, 3.63) is 102 Å². The van der Waals surface area contributed by atoms with Crippen LogP contribution in [0.3, 0.4) is 0 Å². The van der Waals surface area contributed by atoms with Crippen LogP contribution >= 0.6 is 0 Å². The Kier molecular flexibility index (Phi) is 5.10. The zero-order valence-electron chi connectivity index (χ0n) is 17.1. The molecule has 1 atom stereocenters. The number of hydrogen-bond donors (Lipinski definition) is 0. The lowest BCUT2D eigenvalue weighted by atomic mass is 9.90. The molecular weight excluding hydrogens is 354 g/mol. The molecule has 0 aromatic heterocycles. The normalized spacial score (nSPS) is 16.2. The van der Waals surface area contributed by atoms with E-state index in [1.807, 2.05) is 66.7 Å². The minimum Gasteiger partial charge on any atom is -0.259 e. The van der Waals surface area contributed by atoms with Crippen molar-refractivity contribution in [3.63, 3.8) is 0 Å². The molecule has 3 nitrogen and oxygen atoms in total. The molecule has 0 saturated carbocycles. The summed E-state index contributed by atoms with van der Waals surface area (Å²) in [5.74, 6) is 4.20. The molecule has 1 unspecified atom stereocenters. The Morgan fingerprint density at radius 2 is 1.31 bits per heavy atom. The molecule has 4 rings (SSSR count). The minimum absolute atomic E-state index is 0.0312. The van der Waals surface area contributed by atoms with E-state index in [4.69, 9.17) is 5.10 Å². The van der Waals surface area contributed by atoms with Crippen LogP contribution in [0.25, 0.3) is 0 Å². The van der Waals surface area contributed by atoms with Crippen LogP contribution in [0.5, 0.6) is 0 Å². The van der Waals surface area contributed by atoms with Crippen LogP contribution in [0.4, 0.5) is 5.69 Å². The van der Waals surface area contributed by atoms with E-state index in [-0.39, 0.29) is 11.6 Å². The van der Waals surface area contributed by atoms with Crippen molar-refractivity contribution in [2.75, 3.05) is 5.01 Å². The van der Waals surface area contributed by atoms with Crippen molar-refractivity contribution in [2.45, 2.75) is 26.9 Å². The Morgan fingerprint density at radius 3 is 1.90 bits per heavy atom. The molecule has 0 amide bonds. The summed E-state index contributed by atoms with van der Waals surface area (Å²) in [6, 6.07) is 34.1. The molecule has 1 aliphatic heterocycles. The second-order valence-corrected chi connectivity index (χ2v) is 8.18. The third-order valence-electron chi connectivity index (χ3n) is 4.83. The van der Waals surface area contributed by atoms with Gasteiger partial charge >= 0.3 is 0 Å². The largest absolute Gasteiger partial charge is 0.259 e. The summed E-state index contributed by atoms with van der Waals surface area (Å²) in [7, 11) is 0. The Morgan fingerprint density at radius 1 is 0.759 bits per heavy atom. The predicted octanol–water partition coefficient (Wildman–Crippen LogP) is 5.55. The second-order valence-electron chi connectivity index (χ2n) is 8.18. The molecule has 0 saturated heterocycles. The van der Waals surface area contributed by atoms with Crippen LogP contribution in [0.15, 0.2) is 96.1 Å². The number of benzene rings is 3. The van der Waals surface area contributed by atoms with E-state index in [0.717, 1.165) is 22.6 Å². The topological polar surface area (TPSA) is 18.8 Å². The molecule has 0 radical (unpaired) electrons. The molecule has 3 aromatic carbocycles. The number of para-hydroxylation sites is 1. The highest BCUT2D eigenvalue weighted by molar-refractivity contribution is 6.02. The molecule has 1 aliphatic rings. The number of nitrogens with zero attached hydrogens (tertiary/aromatic N) is 3. The fourth-order valence-electron chi connectivity index (χ4n) is 3.51. The van der Waals surface area contributed by atoms with Crippen LogP contribution < -0.4 is 5.01 Å². The predicted molar refractivity (Wildman–Crippen MR) is 120 cm³/mol. The lowest BCUT2D eigenvalue weighted by Crippen LogP contribution is -2.48. The summed E-state index contributed by atoms with van der Waals surface area (Å²) < 4.78 is 0. The molecule has 0 spiro atoms. The van der Waals surface area contributed by atoms with Gasteiger partial charge in [-0.1, -0.05) is 87.5 Å². The Hall–Kier alpha value is -3.51. The van der Waals surface area contributed by atoms with Gasteiger partial charge in [-0.25, -0.2) is 5.01 Å². The van der Waals surface area contributed by atoms with E-state index in [2.05, 4.69) is 66.9 Å². The fourth-order valence-corrected chi connectivity index (χ4v) is 3.51. The zero-order valence-corrected chi connectivity index (χ0v) is 17.1. The summed E-state index contributed by atoms with van der Waals surface area (Å²) >= 11 is 0. The number of hydrogen-bond acceptors (Lipinski definition) is 3. The lowest BCUT2D eigenvalue weighted by molar-refractivity contribution is 0.225. The maximum Gasteiger partial charge on any atom is 0.169 e. The SMILES string of the molecule is CC(C)(C)C1N(C#Cc2ccccc2)C(c2ccccc2)=NN1c1ccccc1. The van der Waals surface area contributed by atoms with Crippen molar-refractivity contribution in [1.29, 1.82) is 0 Å². The third kappa shape index (κ3) is 4.02. The summed E-state index contributed by atoms with van der Waals surface area (Å²) in [4.78, 5) is 2.12. The van der Waals surface area contributed by atoms with Gasteiger partial charge in [0.1, 0.15) is 6.17 Å². The molecule has 1 heterocycles. The molecule has 144 valence electrons. The minimum atomic E-state index is -0.0821. The molecule has 0 aliphatic carbocycles. The first-order valence-electron chi connectivity index (χ1n) is 9.88. The van der Waals surface area contributed by atoms with E-state index in [0.29, 0.717) is 0 Å². The highest BCUT2D eigenvalue weighted by Crippen LogP contribution is 2.36. The number of amidine groups is 1. The van der Waals surface area contributed by atoms with Crippen molar-refractivity contribution in [3.8, 4) is 12.0 Å². The summed E-state index contributed by atoms with van der Waals surface area (Å²) in [6.45, 7) is 6.69. The first kappa shape index (κ1) is 18.8. The molecule has 0 bridgehead atoms. The first-order chi connectivity index (χ1) is 14.0. The number of anilines is 1. The van der Waals surface area contributed by atoms with Crippen LogP contribution in [0.2, 0.25) is 0 Å². The van der Waals surface area contributed by atoms with Crippen LogP contribution in [-0.4, -0.2) is 16.9 Å². The Labute approximate surface area is 173 Å². The molecular formula is C26H25N3. The molecule has 0 fully saturated rings. The summed E-state index contributed by atoms with van der Waals surface area (Å²) in [5.41, 5.74) is 3.03. The highest BCUT2D eigenvalue weighted by atomic mass is 15.6. The molecule has 0 N–H and O–H groups in total. The Bertz CT molecular complexity index is 1040. The maximum atomic E-state index is 5.04. The van der Waals surface area contributed by atoms with Gasteiger partial charge in [0.25, 0.3) is 0 Å². The second kappa shape index (κ2) is 7.85. The quantitative estimate of drug-likeness (QED) is 0.544. The standard InChI is InChI=1S/C26H25N3/c1-26(2,3)25-28(20-19-21-13-7-4-8-14-21)24(22-15-9-5-10-16-22)27-29(25)23-17-11-6-12-18-23/h4-18,25H,1-3H3. The van der Waals surface area contributed by atoms with Gasteiger partial charge in [0, 0.05) is 22.6 Å². The summed E-state index contributed by atoms with van der Waals surface area (Å²) in [5, 5.41) is 7.14. The van der Waals surface area contributed by atoms with E-state index < -0.39 is 0 Å². The van der Waals surface area contributed by atoms with Crippen molar-refractivity contribution >= 4 is 11.5 Å². The highest BCUT2D eigenvalue weighted by Gasteiger charge is 2.42. The van der Waals surface area contributed by atoms with E-state index in [1.165, 1.54) is 0 Å². The van der Waals surface area contributed by atoms with Crippen LogP contribution in [0.1, 0.15) is 31.9 Å². The van der Waals surface area contributed by atoms with E-state index in [9.17, 15) is 0 Å². The van der Waals surface area contributed by atoms with Gasteiger partial charge in [-0.2, -0.15) is 5.10 Å². The molecule has 29 heavy (non-hydrogen) atoms. The Balaban J connectivity index is 1.84. The van der Waals surface area contributed by atoms with Gasteiger partial charge < -0.3 is 0 Å². The molecule has 3 aromatic rings. The number of hydrazone groups is 1. The van der Waals surface area contributed by atoms with E-state index >= 15 is 0 Å². The van der Waals surface area contributed by atoms with Gasteiger partial charge in [-0.15, -0.1) is 0 Å². The van der Waals surface area contributed by atoms with Crippen molar-refractivity contribution in [1.82, 2.24) is 4.90 Å². The first-order valence-corrected chi connectivity index (χ1v) is 9.88. The average Bonchev–Trinajstić information content (AvgIpc) is 3.14. The van der Waals surface area contributed by atoms with Crippen LogP contribution in [0, 0.1) is 17.4 Å². The van der Waals surface area contributed by atoms with Gasteiger partial charge in [0.05, 0.1) is 5.69 Å². The van der Waals surface area contributed by atoms with Gasteiger partial charge in [0.2, 0.25) is 0 Å². The fraction of sp³-hybridized carbons (Fsp3) is 0.192. The van der Waals surface area contributed by atoms with Crippen molar-refractivity contribution < 1.29 is 0 Å². The third-order valence-corrected chi connectivity index (χ3v) is 4.83. The zero-order chi connectivity index (χ0) is 20.3. The van der Waals surface area contributed by atoms with Gasteiger partial charge in [-0.3, -0.25) is 4.90 Å². The average molecular weight is 380 g/mol. The summed E-state index contributed by atoms with van der Waals surface area (Å²) in [6.07, 6.45) is -0.0312. The van der Waals surface area contributed by atoms with Gasteiger partial charge in [0.15, 0.2) is 5.84 Å². The number of rotatable bonds is 2. The van der Waals surface area contributed by atoms with Crippen LogP contribution in [-0.2, 0) is 0 Å². The maximum absolute atomic E-state index is 5.04. The molecule has 3 heteroatoms. The van der Waals surface area contributed by atoms with Crippen molar-refractivity contribution in [2.24, 2.45) is 10.5 Å². The monoisotopic (exact) mass is 379 g/mol. The lowest BCUT2D eigenvalue weighted by Gasteiger charge is -2.37. The van der Waals surface area contributed by atoms with Gasteiger partial charge in [-0.05, 0) is 30.2 Å².